The number of hydrogen-bond acceptors (Lipinski definition) is 5. The van der Waals surface area contributed by atoms with Crippen LogP contribution < -0.4 is 10.9 Å². The van der Waals surface area contributed by atoms with E-state index in [0.29, 0.717) is 22.5 Å². The zero-order valence-corrected chi connectivity index (χ0v) is 13.2. The van der Waals surface area contributed by atoms with Gasteiger partial charge in [-0.1, -0.05) is 30.3 Å². The Kier molecular flexibility index (Phi) is 3.66. The van der Waals surface area contributed by atoms with Crippen molar-refractivity contribution in [1.82, 2.24) is 19.7 Å². The van der Waals surface area contributed by atoms with Gasteiger partial charge >= 0.3 is 0 Å². The molecule has 0 aliphatic rings. The molecule has 7 heteroatoms. The molecular weight excluding hydrogens is 318 g/mol. The Hall–Kier alpha value is -3.61. The third kappa shape index (κ3) is 2.83. The van der Waals surface area contributed by atoms with Crippen LogP contribution in [0.3, 0.4) is 0 Å². The van der Waals surface area contributed by atoms with Crippen molar-refractivity contribution in [2.75, 3.05) is 5.32 Å². The summed E-state index contributed by atoms with van der Waals surface area (Å²) >= 11 is 0. The van der Waals surface area contributed by atoms with Crippen molar-refractivity contribution in [3.05, 3.63) is 77.0 Å². The molecule has 0 unspecified atom stereocenters. The van der Waals surface area contributed by atoms with Gasteiger partial charge in [0.25, 0.3) is 5.56 Å². The largest absolute Gasteiger partial charge is 0.506 e. The third-order valence-electron chi connectivity index (χ3n) is 3.84. The number of rotatable bonds is 4. The highest BCUT2D eigenvalue weighted by atomic mass is 16.3. The Balaban J connectivity index is 1.71. The van der Waals surface area contributed by atoms with Gasteiger partial charge in [0.2, 0.25) is 0 Å². The molecule has 0 aliphatic carbocycles. The quantitative estimate of drug-likeness (QED) is 0.499. The number of anilines is 1. The lowest BCUT2D eigenvalue weighted by molar-refractivity contribution is 0.477. The van der Waals surface area contributed by atoms with E-state index in [1.54, 1.807) is 22.9 Å². The molecule has 4 aromatic rings. The number of aromatic amines is 1. The van der Waals surface area contributed by atoms with Crippen LogP contribution >= 0.6 is 0 Å². The van der Waals surface area contributed by atoms with E-state index in [2.05, 4.69) is 20.4 Å². The molecule has 0 saturated heterocycles. The van der Waals surface area contributed by atoms with Gasteiger partial charge in [-0.2, -0.15) is 5.10 Å². The Morgan fingerprint density at radius 3 is 2.64 bits per heavy atom. The number of benzene rings is 2. The second-order valence-electron chi connectivity index (χ2n) is 5.51. The van der Waals surface area contributed by atoms with Gasteiger partial charge in [-0.05, 0) is 24.3 Å². The van der Waals surface area contributed by atoms with Crippen molar-refractivity contribution in [1.29, 1.82) is 0 Å². The van der Waals surface area contributed by atoms with Crippen LogP contribution in [0.25, 0.3) is 16.7 Å². The minimum Gasteiger partial charge on any atom is -0.506 e. The van der Waals surface area contributed by atoms with Crippen molar-refractivity contribution < 1.29 is 5.11 Å². The standard InChI is InChI=1S/C18H15N5O2/c24-15-9-5-4-8-14(15)19-11-16-21-17-13(18(25)22-16)10-20-23(17)12-6-2-1-3-7-12/h1-10,19,24H,11H2,(H,21,22,25). The van der Waals surface area contributed by atoms with E-state index in [0.717, 1.165) is 5.69 Å². The summed E-state index contributed by atoms with van der Waals surface area (Å²) in [5, 5.41) is 17.6. The molecule has 25 heavy (non-hydrogen) atoms. The molecule has 0 radical (unpaired) electrons. The molecule has 0 saturated carbocycles. The highest BCUT2D eigenvalue weighted by molar-refractivity contribution is 5.75. The predicted octanol–water partition coefficient (Wildman–Crippen LogP) is 2.43. The first-order valence-electron chi connectivity index (χ1n) is 7.76. The maximum atomic E-state index is 12.3. The zero-order chi connectivity index (χ0) is 17.2. The summed E-state index contributed by atoms with van der Waals surface area (Å²) in [4.78, 5) is 19.6. The molecule has 2 aromatic carbocycles. The lowest BCUT2D eigenvalue weighted by Crippen LogP contribution is -2.15. The summed E-state index contributed by atoms with van der Waals surface area (Å²) in [6.07, 6.45) is 1.51. The molecule has 0 aliphatic heterocycles. The number of aromatic hydroxyl groups is 1. The van der Waals surface area contributed by atoms with E-state index < -0.39 is 0 Å². The smallest absolute Gasteiger partial charge is 0.262 e. The van der Waals surface area contributed by atoms with Crippen LogP contribution in [0.5, 0.6) is 5.75 Å². The molecule has 2 heterocycles. The van der Waals surface area contributed by atoms with Crippen molar-refractivity contribution in [2.45, 2.75) is 6.54 Å². The molecule has 0 amide bonds. The van der Waals surface area contributed by atoms with Crippen molar-refractivity contribution >= 4 is 16.7 Å². The number of aromatic nitrogens is 4. The minimum atomic E-state index is -0.249. The highest BCUT2D eigenvalue weighted by Gasteiger charge is 2.11. The van der Waals surface area contributed by atoms with Gasteiger partial charge in [0.1, 0.15) is 17.0 Å². The average molecular weight is 333 g/mol. The van der Waals surface area contributed by atoms with Crippen LogP contribution in [-0.4, -0.2) is 24.9 Å². The summed E-state index contributed by atoms with van der Waals surface area (Å²) in [5.74, 6) is 0.596. The number of nitrogens with one attached hydrogen (secondary N) is 2. The van der Waals surface area contributed by atoms with Gasteiger partial charge < -0.3 is 15.4 Å². The summed E-state index contributed by atoms with van der Waals surface area (Å²) in [7, 11) is 0. The fourth-order valence-electron chi connectivity index (χ4n) is 2.61. The molecule has 0 bridgehead atoms. The topological polar surface area (TPSA) is 95.8 Å². The molecule has 3 N–H and O–H groups in total. The van der Waals surface area contributed by atoms with Gasteiger partial charge in [0, 0.05) is 0 Å². The number of fused-ring (bicyclic) bond motifs is 1. The van der Waals surface area contributed by atoms with Crippen molar-refractivity contribution in [2.24, 2.45) is 0 Å². The maximum absolute atomic E-state index is 12.3. The lowest BCUT2D eigenvalue weighted by Gasteiger charge is -2.08. The summed E-state index contributed by atoms with van der Waals surface area (Å²) in [6.45, 7) is 0.267. The second kappa shape index (κ2) is 6.12. The van der Waals surface area contributed by atoms with Crippen molar-refractivity contribution in [3.8, 4) is 11.4 Å². The van der Waals surface area contributed by atoms with Crippen LogP contribution in [0.15, 0.2) is 65.6 Å². The van der Waals surface area contributed by atoms with Crippen molar-refractivity contribution in [3.63, 3.8) is 0 Å². The number of H-pyrrole nitrogens is 1. The van der Waals surface area contributed by atoms with E-state index in [-0.39, 0.29) is 17.9 Å². The Labute approximate surface area is 142 Å². The molecular formula is C18H15N5O2. The van der Waals surface area contributed by atoms with Gasteiger partial charge in [-0.25, -0.2) is 9.67 Å². The fourth-order valence-corrected chi connectivity index (χ4v) is 2.61. The number of phenolic OH excluding ortho intramolecular Hbond substituents is 1. The predicted molar refractivity (Wildman–Crippen MR) is 94.9 cm³/mol. The number of nitrogens with zero attached hydrogens (tertiary/aromatic N) is 3. The van der Waals surface area contributed by atoms with Crippen LogP contribution in [0.4, 0.5) is 5.69 Å². The first-order chi connectivity index (χ1) is 12.2. The highest BCUT2D eigenvalue weighted by Crippen LogP contribution is 2.22. The maximum Gasteiger partial charge on any atom is 0.262 e. The van der Waals surface area contributed by atoms with Gasteiger partial charge in [-0.15, -0.1) is 0 Å². The molecule has 0 spiro atoms. The zero-order valence-electron chi connectivity index (χ0n) is 13.2. The van der Waals surface area contributed by atoms with Gasteiger partial charge in [0.05, 0.1) is 24.1 Å². The van der Waals surface area contributed by atoms with E-state index in [1.807, 2.05) is 36.4 Å². The monoisotopic (exact) mass is 333 g/mol. The number of phenols is 1. The lowest BCUT2D eigenvalue weighted by atomic mass is 10.3. The van der Waals surface area contributed by atoms with Gasteiger partial charge in [-0.3, -0.25) is 4.79 Å². The Bertz CT molecular complexity index is 1090. The summed E-state index contributed by atoms with van der Waals surface area (Å²) in [5.41, 5.74) is 1.64. The Morgan fingerprint density at radius 2 is 1.84 bits per heavy atom. The van der Waals surface area contributed by atoms with E-state index >= 15 is 0 Å². The SMILES string of the molecule is O=c1[nH]c(CNc2ccccc2O)nc2c1cnn2-c1ccccc1. The molecule has 124 valence electrons. The first kappa shape index (κ1) is 14.9. The Morgan fingerprint density at radius 1 is 1.08 bits per heavy atom. The minimum absolute atomic E-state index is 0.139. The molecule has 0 atom stereocenters. The summed E-state index contributed by atoms with van der Waals surface area (Å²) in [6, 6.07) is 16.4. The molecule has 0 fully saturated rings. The van der Waals surface area contributed by atoms with Crippen LogP contribution in [-0.2, 0) is 6.54 Å². The summed E-state index contributed by atoms with van der Waals surface area (Å²) < 4.78 is 1.63. The fraction of sp³-hybridized carbons (Fsp3) is 0.0556. The second-order valence-corrected chi connectivity index (χ2v) is 5.51. The number of hydrogen-bond donors (Lipinski definition) is 3. The van der Waals surface area contributed by atoms with E-state index in [1.165, 1.54) is 6.20 Å². The normalized spacial score (nSPS) is 10.9. The first-order valence-corrected chi connectivity index (χ1v) is 7.76. The van der Waals surface area contributed by atoms with Gasteiger partial charge in [0.15, 0.2) is 5.65 Å². The van der Waals surface area contributed by atoms with Crippen LogP contribution in [0.2, 0.25) is 0 Å². The van der Waals surface area contributed by atoms with Crippen LogP contribution in [0, 0.1) is 0 Å². The third-order valence-corrected chi connectivity index (χ3v) is 3.84. The van der Waals surface area contributed by atoms with Crippen LogP contribution in [0.1, 0.15) is 5.82 Å². The molecule has 4 rings (SSSR count). The van der Waals surface area contributed by atoms with E-state index in [4.69, 9.17) is 0 Å². The molecule has 7 nitrogen and oxygen atoms in total. The van der Waals surface area contributed by atoms with E-state index in [9.17, 15) is 9.90 Å². The molecule has 2 aromatic heterocycles. The average Bonchev–Trinajstić information content (AvgIpc) is 3.06. The number of para-hydroxylation sites is 3.